The van der Waals surface area contributed by atoms with E-state index in [1.54, 1.807) is 0 Å². The van der Waals surface area contributed by atoms with Gasteiger partial charge in [-0.1, -0.05) is 26.0 Å². The predicted octanol–water partition coefficient (Wildman–Crippen LogP) is 3.45. The fourth-order valence-corrected chi connectivity index (χ4v) is 2.51. The third-order valence-corrected chi connectivity index (χ3v) is 3.34. The molecule has 0 unspecified atom stereocenters. The average Bonchev–Trinajstić information content (AvgIpc) is 2.73. The lowest BCUT2D eigenvalue weighted by Crippen LogP contribution is -2.08. The fraction of sp³-hybridized carbons (Fsp3) is 0.500. The molecule has 0 bridgehead atoms. The van der Waals surface area contributed by atoms with E-state index < -0.39 is 0 Å². The molecule has 0 aliphatic heterocycles. The van der Waals surface area contributed by atoms with Crippen molar-refractivity contribution >= 4 is 10.9 Å². The lowest BCUT2D eigenvalue weighted by Gasteiger charge is -2.09. The van der Waals surface area contributed by atoms with E-state index in [1.807, 2.05) is 7.05 Å². The molecule has 1 aromatic carbocycles. The molecule has 98 valence electrons. The Hall–Kier alpha value is -1.28. The number of nitrogens with zero attached hydrogens (tertiary/aromatic N) is 1. The summed E-state index contributed by atoms with van der Waals surface area (Å²) in [6, 6.07) is 8.96. The summed E-state index contributed by atoms with van der Waals surface area (Å²) in [5, 5.41) is 4.64. The van der Waals surface area contributed by atoms with E-state index in [-0.39, 0.29) is 0 Å². The summed E-state index contributed by atoms with van der Waals surface area (Å²) in [7, 11) is 2.01. The van der Waals surface area contributed by atoms with Crippen molar-refractivity contribution < 1.29 is 0 Å². The van der Waals surface area contributed by atoms with Crippen LogP contribution in [0.25, 0.3) is 10.9 Å². The van der Waals surface area contributed by atoms with Gasteiger partial charge < -0.3 is 9.88 Å². The van der Waals surface area contributed by atoms with Crippen LogP contribution >= 0.6 is 0 Å². The smallest absolute Gasteiger partial charge is 0.0483 e. The number of hydrogen-bond donors (Lipinski definition) is 1. The van der Waals surface area contributed by atoms with Gasteiger partial charge in [-0.15, -0.1) is 0 Å². The maximum absolute atomic E-state index is 3.21. The molecule has 0 atom stereocenters. The van der Waals surface area contributed by atoms with Crippen LogP contribution in [0.15, 0.2) is 30.5 Å². The molecule has 2 heteroatoms. The van der Waals surface area contributed by atoms with Gasteiger partial charge in [0, 0.05) is 23.6 Å². The van der Waals surface area contributed by atoms with Crippen molar-refractivity contribution in [3.63, 3.8) is 0 Å². The summed E-state index contributed by atoms with van der Waals surface area (Å²) in [6.45, 7) is 6.72. The van der Waals surface area contributed by atoms with Crippen molar-refractivity contribution in [1.29, 1.82) is 0 Å². The Morgan fingerprint density at radius 1 is 1.22 bits per heavy atom. The molecule has 2 aromatic rings. The summed E-state index contributed by atoms with van der Waals surface area (Å²) in [5.74, 6) is 0.688. The number of rotatable bonds is 6. The summed E-state index contributed by atoms with van der Waals surface area (Å²) in [6.07, 6.45) is 4.58. The Morgan fingerprint density at radius 2 is 2.06 bits per heavy atom. The molecule has 0 aliphatic carbocycles. The van der Waals surface area contributed by atoms with E-state index in [9.17, 15) is 0 Å². The van der Waals surface area contributed by atoms with E-state index in [0.29, 0.717) is 5.92 Å². The Morgan fingerprint density at radius 3 is 2.78 bits per heavy atom. The van der Waals surface area contributed by atoms with Gasteiger partial charge in [-0.2, -0.15) is 0 Å². The summed E-state index contributed by atoms with van der Waals surface area (Å²) < 4.78 is 2.38. The van der Waals surface area contributed by atoms with Crippen LogP contribution in [0.1, 0.15) is 25.8 Å². The van der Waals surface area contributed by atoms with Gasteiger partial charge in [-0.25, -0.2) is 0 Å². The van der Waals surface area contributed by atoms with Gasteiger partial charge in [0.2, 0.25) is 0 Å². The fourth-order valence-electron chi connectivity index (χ4n) is 2.51. The lowest BCUT2D eigenvalue weighted by molar-refractivity contribution is 0.535. The number of nitrogens with one attached hydrogen (secondary N) is 1. The minimum absolute atomic E-state index is 0.688. The Labute approximate surface area is 110 Å². The zero-order valence-corrected chi connectivity index (χ0v) is 11.7. The van der Waals surface area contributed by atoms with Crippen LogP contribution in [-0.4, -0.2) is 18.2 Å². The molecular formula is C16H24N2. The standard InChI is InChI=1S/C16H24N2/c1-13(2)12-18-11-9-15-14(7-5-10-17-3)6-4-8-16(15)18/h4,6,8-9,11,13,17H,5,7,10,12H2,1-3H3. The third kappa shape index (κ3) is 2.94. The number of hydrogen-bond acceptors (Lipinski definition) is 1. The van der Waals surface area contributed by atoms with E-state index in [1.165, 1.54) is 22.9 Å². The van der Waals surface area contributed by atoms with Gasteiger partial charge in [0.1, 0.15) is 0 Å². The molecule has 2 rings (SSSR count). The van der Waals surface area contributed by atoms with Gasteiger partial charge in [0.25, 0.3) is 0 Å². The van der Waals surface area contributed by atoms with Crippen LogP contribution in [0, 0.1) is 5.92 Å². The highest BCUT2D eigenvalue weighted by Crippen LogP contribution is 2.22. The van der Waals surface area contributed by atoms with Gasteiger partial charge in [-0.05, 0) is 50.0 Å². The minimum Gasteiger partial charge on any atom is -0.347 e. The molecule has 1 heterocycles. The zero-order valence-electron chi connectivity index (χ0n) is 11.7. The van der Waals surface area contributed by atoms with Crippen molar-refractivity contribution in [2.75, 3.05) is 13.6 Å². The predicted molar refractivity (Wildman–Crippen MR) is 79.0 cm³/mol. The maximum Gasteiger partial charge on any atom is 0.0483 e. The first-order valence-electron chi connectivity index (χ1n) is 6.93. The van der Waals surface area contributed by atoms with Crippen molar-refractivity contribution in [1.82, 2.24) is 9.88 Å². The lowest BCUT2D eigenvalue weighted by atomic mass is 10.1. The van der Waals surface area contributed by atoms with E-state index in [2.05, 4.69) is 54.2 Å². The second-order valence-corrected chi connectivity index (χ2v) is 5.42. The molecule has 2 nitrogen and oxygen atoms in total. The number of fused-ring (bicyclic) bond motifs is 1. The van der Waals surface area contributed by atoms with Crippen LogP contribution < -0.4 is 5.32 Å². The first-order valence-corrected chi connectivity index (χ1v) is 6.93. The SMILES string of the molecule is CNCCCc1cccc2c1ccn2CC(C)C. The molecule has 1 aromatic heterocycles. The van der Waals surface area contributed by atoms with Crippen molar-refractivity contribution in [3.8, 4) is 0 Å². The van der Waals surface area contributed by atoms with E-state index >= 15 is 0 Å². The molecule has 1 N–H and O–H groups in total. The molecule has 0 radical (unpaired) electrons. The van der Waals surface area contributed by atoms with Gasteiger partial charge in [0.05, 0.1) is 0 Å². The van der Waals surface area contributed by atoms with Crippen LogP contribution in [0.4, 0.5) is 0 Å². The first kappa shape index (κ1) is 13.2. The minimum atomic E-state index is 0.688. The third-order valence-electron chi connectivity index (χ3n) is 3.34. The molecule has 0 amide bonds. The maximum atomic E-state index is 3.21. The Balaban J connectivity index is 2.24. The highest BCUT2D eigenvalue weighted by atomic mass is 15.0. The molecule has 0 fully saturated rings. The normalized spacial score (nSPS) is 11.6. The van der Waals surface area contributed by atoms with Crippen LogP contribution in [0.3, 0.4) is 0 Å². The highest BCUT2D eigenvalue weighted by molar-refractivity contribution is 5.83. The van der Waals surface area contributed by atoms with E-state index in [4.69, 9.17) is 0 Å². The first-order chi connectivity index (χ1) is 8.72. The molecular weight excluding hydrogens is 220 g/mol. The van der Waals surface area contributed by atoms with Crippen molar-refractivity contribution in [2.24, 2.45) is 5.92 Å². The monoisotopic (exact) mass is 244 g/mol. The Bertz CT molecular complexity index is 497. The summed E-state index contributed by atoms with van der Waals surface area (Å²) in [4.78, 5) is 0. The average molecular weight is 244 g/mol. The largest absolute Gasteiger partial charge is 0.347 e. The zero-order chi connectivity index (χ0) is 13.0. The number of aromatic nitrogens is 1. The second-order valence-electron chi connectivity index (χ2n) is 5.42. The van der Waals surface area contributed by atoms with E-state index in [0.717, 1.165) is 19.5 Å². The highest BCUT2D eigenvalue weighted by Gasteiger charge is 2.06. The van der Waals surface area contributed by atoms with Crippen LogP contribution in [0.2, 0.25) is 0 Å². The van der Waals surface area contributed by atoms with Gasteiger partial charge in [-0.3, -0.25) is 0 Å². The quantitative estimate of drug-likeness (QED) is 0.770. The molecule has 0 aliphatic rings. The van der Waals surface area contributed by atoms with Gasteiger partial charge >= 0.3 is 0 Å². The van der Waals surface area contributed by atoms with Crippen molar-refractivity contribution in [3.05, 3.63) is 36.0 Å². The molecule has 0 saturated carbocycles. The summed E-state index contributed by atoms with van der Waals surface area (Å²) in [5.41, 5.74) is 2.86. The second kappa shape index (κ2) is 6.05. The summed E-state index contributed by atoms with van der Waals surface area (Å²) >= 11 is 0. The Kier molecular flexibility index (Phi) is 4.43. The molecule has 0 saturated heterocycles. The molecule has 0 spiro atoms. The topological polar surface area (TPSA) is 17.0 Å². The number of aryl methyl sites for hydroxylation is 1. The number of benzene rings is 1. The van der Waals surface area contributed by atoms with Crippen LogP contribution in [-0.2, 0) is 13.0 Å². The van der Waals surface area contributed by atoms with Crippen molar-refractivity contribution in [2.45, 2.75) is 33.2 Å². The van der Waals surface area contributed by atoms with Crippen LogP contribution in [0.5, 0.6) is 0 Å². The van der Waals surface area contributed by atoms with Gasteiger partial charge in [0.15, 0.2) is 0 Å². The molecule has 18 heavy (non-hydrogen) atoms.